The summed E-state index contributed by atoms with van der Waals surface area (Å²) in [7, 11) is 0. The van der Waals surface area contributed by atoms with E-state index in [9.17, 15) is 43.5 Å². The van der Waals surface area contributed by atoms with Crippen LogP contribution in [0.1, 0.15) is 81.1 Å². The third kappa shape index (κ3) is 12.2. The monoisotopic (exact) mass is 918 g/mol. The van der Waals surface area contributed by atoms with Gasteiger partial charge in [-0.1, -0.05) is 108 Å². The van der Waals surface area contributed by atoms with E-state index in [4.69, 9.17) is 4.74 Å². The van der Waals surface area contributed by atoms with Crippen LogP contribution in [-0.2, 0) is 52.9 Å². The Labute approximate surface area is 388 Å². The number of aliphatic carboxylic acids is 1. The first kappa shape index (κ1) is 49.2. The van der Waals surface area contributed by atoms with Gasteiger partial charge in [0.1, 0.15) is 36.0 Å². The number of ether oxygens (including phenoxy) is 1. The minimum absolute atomic E-state index is 0.00385. The van der Waals surface area contributed by atoms with Gasteiger partial charge in [0.2, 0.25) is 23.5 Å². The molecule has 3 heterocycles. The number of amides is 6. The van der Waals surface area contributed by atoms with E-state index in [1.807, 2.05) is 54.6 Å². The second kappa shape index (κ2) is 22.3. The summed E-state index contributed by atoms with van der Waals surface area (Å²) in [5, 5.41) is 22.2. The molecule has 67 heavy (non-hydrogen) atoms. The second-order valence-electron chi connectivity index (χ2n) is 17.6. The van der Waals surface area contributed by atoms with Crippen LogP contribution in [0.5, 0.6) is 0 Å². The normalized spacial score (nSPS) is 17.4. The number of Topliss-reactive ketones (excluding diaryl/α,β-unsaturated/α-hetero) is 1. The van der Waals surface area contributed by atoms with E-state index in [2.05, 4.69) is 31.2 Å². The van der Waals surface area contributed by atoms with Crippen LogP contribution in [0.2, 0.25) is 0 Å². The van der Waals surface area contributed by atoms with Crippen molar-refractivity contribution in [1.29, 1.82) is 0 Å². The lowest BCUT2D eigenvalue weighted by atomic mass is 9.98. The molecule has 6 rings (SSSR count). The SMILES string of the molecule is CCCC(NC(=O)[C@@H]1C[C@@H](OC(=O)N2CCc3ccccc3C2)CN1C(=O)[C@H](NC(=O)[C@H](NC(=O)c1cnccn1)C(C)C)C(C)C)C(=O)C(=O)N[C@@H](Cc1cccc2ccccc12)C(=O)O. The number of carbonyl (C=O) groups excluding carboxylic acids is 7. The molecule has 18 nitrogen and oxygen atoms in total. The number of benzene rings is 3. The second-order valence-corrected chi connectivity index (χ2v) is 17.6. The molecule has 6 amide bonds. The average molecular weight is 919 g/mol. The van der Waals surface area contributed by atoms with Crippen molar-refractivity contribution >= 4 is 58.2 Å². The van der Waals surface area contributed by atoms with Crippen molar-refractivity contribution in [1.82, 2.24) is 41.0 Å². The first-order chi connectivity index (χ1) is 32.1. The van der Waals surface area contributed by atoms with Gasteiger partial charge in [0.25, 0.3) is 11.8 Å². The fraction of sp³-hybridized carbons (Fsp3) is 0.429. The molecule has 5 N–H and O–H groups in total. The molecule has 1 fully saturated rings. The van der Waals surface area contributed by atoms with Gasteiger partial charge in [-0.05, 0) is 52.1 Å². The highest BCUT2D eigenvalue weighted by atomic mass is 16.6. The Bertz CT molecular complexity index is 2480. The molecule has 1 unspecified atom stereocenters. The Morgan fingerprint density at radius 1 is 0.806 bits per heavy atom. The zero-order valence-corrected chi connectivity index (χ0v) is 38.3. The maximum absolute atomic E-state index is 14.7. The zero-order valence-electron chi connectivity index (χ0n) is 38.3. The summed E-state index contributed by atoms with van der Waals surface area (Å²) in [4.78, 5) is 120. The van der Waals surface area contributed by atoms with Crippen LogP contribution in [0.3, 0.4) is 0 Å². The molecule has 6 atom stereocenters. The Kier molecular flexibility index (Phi) is 16.4. The van der Waals surface area contributed by atoms with Crippen LogP contribution in [0, 0.1) is 11.8 Å². The number of carboxylic acid groups (broad SMARTS) is 1. The van der Waals surface area contributed by atoms with Crippen molar-refractivity contribution in [2.24, 2.45) is 11.8 Å². The third-order valence-corrected chi connectivity index (χ3v) is 12.1. The Balaban J connectivity index is 1.21. The van der Waals surface area contributed by atoms with Crippen LogP contribution in [0.4, 0.5) is 4.79 Å². The highest BCUT2D eigenvalue weighted by molar-refractivity contribution is 6.38. The van der Waals surface area contributed by atoms with Gasteiger partial charge in [-0.3, -0.25) is 33.8 Å². The molecule has 3 aromatic carbocycles. The summed E-state index contributed by atoms with van der Waals surface area (Å²) in [6.45, 7) is 9.00. The van der Waals surface area contributed by atoms with Gasteiger partial charge < -0.3 is 40.9 Å². The van der Waals surface area contributed by atoms with E-state index in [0.717, 1.165) is 21.9 Å². The maximum atomic E-state index is 14.7. The number of hydrogen-bond acceptors (Lipinski definition) is 11. The summed E-state index contributed by atoms with van der Waals surface area (Å²) >= 11 is 0. The van der Waals surface area contributed by atoms with Gasteiger partial charge in [0, 0.05) is 38.3 Å². The number of likely N-dealkylation sites (tertiary alicyclic amines) is 1. The highest BCUT2D eigenvalue weighted by Gasteiger charge is 2.46. The minimum Gasteiger partial charge on any atom is -0.480 e. The summed E-state index contributed by atoms with van der Waals surface area (Å²) in [5.74, 6) is -7.48. The molecule has 0 radical (unpaired) electrons. The number of nitrogens with zero attached hydrogens (tertiary/aromatic N) is 4. The lowest BCUT2D eigenvalue weighted by Crippen LogP contribution is -2.60. The highest BCUT2D eigenvalue weighted by Crippen LogP contribution is 2.27. The predicted octanol–water partition coefficient (Wildman–Crippen LogP) is 3.36. The van der Waals surface area contributed by atoms with Crippen molar-refractivity contribution in [3.8, 4) is 0 Å². The van der Waals surface area contributed by atoms with Gasteiger partial charge in [-0.25, -0.2) is 14.6 Å². The quantitative estimate of drug-likeness (QED) is 0.0903. The van der Waals surface area contributed by atoms with E-state index in [1.165, 1.54) is 23.5 Å². The minimum atomic E-state index is -1.48. The topological polar surface area (TPSA) is 246 Å². The number of rotatable bonds is 18. The summed E-state index contributed by atoms with van der Waals surface area (Å²) in [6, 6.07) is 13.9. The number of aromatic nitrogens is 2. The van der Waals surface area contributed by atoms with Gasteiger partial charge in [-0.15, -0.1) is 0 Å². The van der Waals surface area contributed by atoms with E-state index >= 15 is 0 Å². The molecule has 1 aromatic heterocycles. The molecule has 4 aromatic rings. The molecule has 18 heteroatoms. The van der Waals surface area contributed by atoms with E-state index in [0.29, 0.717) is 31.5 Å². The van der Waals surface area contributed by atoms with Crippen LogP contribution in [0.25, 0.3) is 10.8 Å². The van der Waals surface area contributed by atoms with Gasteiger partial charge >= 0.3 is 12.1 Å². The van der Waals surface area contributed by atoms with E-state index < -0.39 is 95.5 Å². The first-order valence-corrected chi connectivity index (χ1v) is 22.6. The van der Waals surface area contributed by atoms with Gasteiger partial charge in [0.15, 0.2) is 0 Å². The largest absolute Gasteiger partial charge is 0.480 e. The number of ketones is 1. The molecule has 0 bridgehead atoms. The lowest BCUT2D eigenvalue weighted by Gasteiger charge is -2.32. The molecular weight excluding hydrogens is 861 g/mol. The van der Waals surface area contributed by atoms with Crippen molar-refractivity contribution < 1.29 is 48.2 Å². The molecule has 0 aliphatic carbocycles. The molecule has 2 aliphatic heterocycles. The standard InChI is InChI=1S/C49H58N8O10/c1-6-12-36(42(58)46(62)53-37(48(64)65)23-32-17-11-16-31-14-9-10-18-35(31)32)52-44(60)39-24-34(67-49(66)56-22-19-30-13-7-8-15-33(30)26-56)27-57(39)47(63)41(29(4)5)55-45(61)40(28(2)3)54-43(59)38-25-50-20-21-51-38/h7-11,13-18,20-21,25,28-29,34,36-37,39-41H,6,12,19,22-24,26-27H2,1-5H3,(H,52,60)(H,53,62)(H,54,59)(H,55,61)(H,64,65)/t34-,36?,37+,39+,40-,41-/m1/s1. The Morgan fingerprint density at radius 2 is 1.51 bits per heavy atom. The first-order valence-electron chi connectivity index (χ1n) is 22.6. The summed E-state index contributed by atoms with van der Waals surface area (Å²) < 4.78 is 5.96. The average Bonchev–Trinajstić information content (AvgIpc) is 3.75. The van der Waals surface area contributed by atoms with Crippen LogP contribution >= 0.6 is 0 Å². The zero-order chi connectivity index (χ0) is 48.4. The number of carboxylic acids is 1. The van der Waals surface area contributed by atoms with Crippen LogP contribution in [0.15, 0.2) is 85.3 Å². The van der Waals surface area contributed by atoms with Crippen molar-refractivity contribution in [3.63, 3.8) is 0 Å². The van der Waals surface area contributed by atoms with Crippen molar-refractivity contribution in [2.45, 2.75) is 110 Å². The van der Waals surface area contributed by atoms with Gasteiger partial charge in [0.05, 0.1) is 18.8 Å². The van der Waals surface area contributed by atoms with Crippen molar-refractivity contribution in [2.75, 3.05) is 13.1 Å². The summed E-state index contributed by atoms with van der Waals surface area (Å²) in [6.07, 6.45) is 2.99. The molecule has 2 aliphatic rings. The fourth-order valence-electron chi connectivity index (χ4n) is 8.45. The van der Waals surface area contributed by atoms with E-state index in [-0.39, 0.29) is 31.5 Å². The smallest absolute Gasteiger partial charge is 0.410 e. The number of fused-ring (bicyclic) bond motifs is 2. The summed E-state index contributed by atoms with van der Waals surface area (Å²) in [5.41, 5.74) is 2.71. The number of hydrogen-bond donors (Lipinski definition) is 5. The van der Waals surface area contributed by atoms with Crippen LogP contribution < -0.4 is 21.3 Å². The molecule has 1 saturated heterocycles. The molecule has 0 spiro atoms. The number of nitrogens with one attached hydrogen (secondary N) is 4. The molecular formula is C49H58N8O10. The third-order valence-electron chi connectivity index (χ3n) is 12.1. The molecule has 354 valence electrons. The Hall–Kier alpha value is -7.24. The Morgan fingerprint density at radius 3 is 2.19 bits per heavy atom. The molecule has 0 saturated carbocycles. The van der Waals surface area contributed by atoms with E-state index in [1.54, 1.807) is 51.7 Å². The lowest BCUT2D eigenvalue weighted by molar-refractivity contribution is -0.146. The maximum Gasteiger partial charge on any atom is 0.410 e. The number of carbonyl (C=O) groups is 8. The van der Waals surface area contributed by atoms with Gasteiger partial charge in [-0.2, -0.15) is 0 Å². The predicted molar refractivity (Wildman–Crippen MR) is 245 cm³/mol. The fourth-order valence-corrected chi connectivity index (χ4v) is 8.45. The van der Waals surface area contributed by atoms with Crippen molar-refractivity contribution in [3.05, 3.63) is 108 Å². The van der Waals surface area contributed by atoms with Crippen LogP contribution in [-0.4, -0.2) is 122 Å².